The van der Waals surface area contributed by atoms with E-state index in [-0.39, 0.29) is 24.0 Å². The lowest BCUT2D eigenvalue weighted by atomic mass is 9.93. The van der Waals surface area contributed by atoms with Crippen LogP contribution in [0.4, 0.5) is 4.79 Å². The molecular weight excluding hydrogens is 426 g/mol. The number of hydrogen-bond donors (Lipinski definition) is 3. The number of halogens is 1. The normalized spacial score (nSPS) is 20.2. The van der Waals surface area contributed by atoms with E-state index in [1.165, 1.54) is 6.42 Å². The molecule has 1 aromatic carbocycles. The molecule has 5 N–H and O–H groups in total. The van der Waals surface area contributed by atoms with Crippen LogP contribution in [-0.4, -0.2) is 66.0 Å². The van der Waals surface area contributed by atoms with Gasteiger partial charge < -0.3 is 26.6 Å². The highest BCUT2D eigenvalue weighted by Gasteiger charge is 2.38. The largest absolute Gasteiger partial charge is 0.339 e. The first-order chi connectivity index (χ1) is 15.5. The lowest BCUT2D eigenvalue weighted by molar-refractivity contribution is -0.131. The number of benzene rings is 1. The number of rotatable bonds is 9. The van der Waals surface area contributed by atoms with Crippen molar-refractivity contribution in [1.82, 2.24) is 15.1 Å². The average molecular weight is 464 g/mol. The molecule has 2 fully saturated rings. The fourth-order valence-corrected chi connectivity index (χ4v) is 5.04. The number of nitrogens with zero attached hydrogens (tertiary/aromatic N) is 2. The molecule has 8 heteroatoms. The Morgan fingerprint density at radius 3 is 2.50 bits per heavy atom. The Hall–Kier alpha value is -1.83. The second-order valence-corrected chi connectivity index (χ2v) is 9.53. The van der Waals surface area contributed by atoms with Crippen molar-refractivity contribution in [3.05, 3.63) is 34.9 Å². The molecule has 178 valence electrons. The van der Waals surface area contributed by atoms with Gasteiger partial charge in [0.15, 0.2) is 0 Å². The Balaban J connectivity index is 1.59. The van der Waals surface area contributed by atoms with Crippen LogP contribution in [0.1, 0.15) is 56.9 Å². The van der Waals surface area contributed by atoms with Crippen LogP contribution in [0.15, 0.2) is 24.3 Å². The summed E-state index contributed by atoms with van der Waals surface area (Å²) in [5.41, 5.74) is 12.8. The van der Waals surface area contributed by atoms with Crippen LogP contribution in [0.2, 0.25) is 5.02 Å². The van der Waals surface area contributed by atoms with Crippen molar-refractivity contribution in [2.24, 2.45) is 11.5 Å². The number of nitrogens with one attached hydrogen (secondary N) is 1. The average Bonchev–Trinajstić information content (AvgIpc) is 3.28. The fraction of sp³-hybridized carbons (Fsp3) is 0.667. The molecule has 32 heavy (non-hydrogen) atoms. The molecule has 1 aliphatic carbocycles. The molecule has 0 radical (unpaired) electrons. The summed E-state index contributed by atoms with van der Waals surface area (Å²) < 4.78 is 0. The van der Waals surface area contributed by atoms with Crippen molar-refractivity contribution >= 4 is 23.5 Å². The summed E-state index contributed by atoms with van der Waals surface area (Å²) in [5.74, 6) is -0.0469. The summed E-state index contributed by atoms with van der Waals surface area (Å²) in [6, 6.07) is 7.13. The second-order valence-electron chi connectivity index (χ2n) is 9.09. The highest BCUT2D eigenvalue weighted by Crippen LogP contribution is 2.28. The molecule has 2 atom stereocenters. The monoisotopic (exact) mass is 463 g/mol. The number of unbranched alkanes of at least 4 members (excludes halogenated alkanes) is 1. The minimum Gasteiger partial charge on any atom is -0.339 e. The zero-order valence-electron chi connectivity index (χ0n) is 19.0. The minimum absolute atomic E-state index is 0.00122. The quantitative estimate of drug-likeness (QED) is 0.489. The van der Waals surface area contributed by atoms with E-state index in [2.05, 4.69) is 5.32 Å². The van der Waals surface area contributed by atoms with Gasteiger partial charge >= 0.3 is 6.03 Å². The van der Waals surface area contributed by atoms with Gasteiger partial charge in [-0.1, -0.05) is 43.0 Å². The summed E-state index contributed by atoms with van der Waals surface area (Å²) in [7, 11) is 0. The number of carbonyl (C=O) groups excluding carboxylic acids is 2. The fourth-order valence-electron chi connectivity index (χ4n) is 4.91. The van der Waals surface area contributed by atoms with Gasteiger partial charge in [-0.3, -0.25) is 4.79 Å². The van der Waals surface area contributed by atoms with Gasteiger partial charge in [-0.25, -0.2) is 4.79 Å². The first kappa shape index (κ1) is 24.8. The van der Waals surface area contributed by atoms with Crippen molar-refractivity contribution in [2.75, 3.05) is 26.2 Å². The zero-order chi connectivity index (χ0) is 22.9. The highest BCUT2D eigenvalue weighted by molar-refractivity contribution is 6.30. The van der Waals surface area contributed by atoms with E-state index >= 15 is 0 Å². The highest BCUT2D eigenvalue weighted by atomic mass is 35.5. The van der Waals surface area contributed by atoms with Crippen LogP contribution in [0.3, 0.4) is 0 Å². The van der Waals surface area contributed by atoms with Crippen LogP contribution in [-0.2, 0) is 11.2 Å². The van der Waals surface area contributed by atoms with E-state index in [0.717, 1.165) is 50.5 Å². The predicted octanol–water partition coefficient (Wildman–Crippen LogP) is 2.89. The number of likely N-dealkylation sites (tertiary alicyclic amines) is 1. The molecule has 1 heterocycles. The van der Waals surface area contributed by atoms with Gasteiger partial charge in [0.05, 0.1) is 12.1 Å². The molecule has 0 unspecified atom stereocenters. The van der Waals surface area contributed by atoms with Gasteiger partial charge in [-0.05, 0) is 62.8 Å². The van der Waals surface area contributed by atoms with E-state index in [1.54, 1.807) is 0 Å². The third-order valence-corrected chi connectivity index (χ3v) is 6.92. The first-order valence-corrected chi connectivity index (χ1v) is 12.4. The van der Waals surface area contributed by atoms with Crippen molar-refractivity contribution in [1.29, 1.82) is 0 Å². The van der Waals surface area contributed by atoms with E-state index < -0.39 is 6.04 Å². The van der Waals surface area contributed by atoms with Gasteiger partial charge in [-0.2, -0.15) is 0 Å². The molecule has 0 aromatic heterocycles. The molecule has 1 saturated carbocycles. The summed E-state index contributed by atoms with van der Waals surface area (Å²) in [5, 5.41) is 3.76. The maximum Gasteiger partial charge on any atom is 0.317 e. The summed E-state index contributed by atoms with van der Waals surface area (Å²) >= 11 is 5.95. The smallest absolute Gasteiger partial charge is 0.317 e. The maximum atomic E-state index is 13.1. The van der Waals surface area contributed by atoms with Crippen molar-refractivity contribution < 1.29 is 9.59 Å². The number of carbonyl (C=O) groups is 2. The Labute approximate surface area is 196 Å². The standard InChI is InChI=1S/C24H38ClN5O2/c25-19-10-8-18(9-11-19)16-22(27)23(31)29-15-12-21(17-29)30(20-6-2-1-3-7-20)24(32)28-14-5-4-13-26/h8-11,20-22H,1-7,12-17,26-27H2,(H,28,32)/t21-,22+/m0/s1. The third kappa shape index (κ3) is 6.83. The molecular formula is C24H38ClN5O2. The Bertz CT molecular complexity index is 738. The van der Waals surface area contributed by atoms with E-state index in [1.807, 2.05) is 34.1 Å². The predicted molar refractivity (Wildman–Crippen MR) is 129 cm³/mol. The molecule has 2 aliphatic rings. The van der Waals surface area contributed by atoms with Gasteiger partial charge in [0.25, 0.3) is 0 Å². The van der Waals surface area contributed by atoms with E-state index in [0.29, 0.717) is 37.6 Å². The third-order valence-electron chi connectivity index (χ3n) is 6.66. The molecule has 1 aliphatic heterocycles. The van der Waals surface area contributed by atoms with Crippen molar-refractivity contribution in [2.45, 2.75) is 75.9 Å². The maximum absolute atomic E-state index is 13.1. The van der Waals surface area contributed by atoms with Gasteiger partial charge in [0.2, 0.25) is 5.91 Å². The SMILES string of the molecule is NCCCCNC(=O)N(C1CCCCC1)[C@H]1CCN(C(=O)[C@H](N)Cc2ccc(Cl)cc2)C1. The zero-order valence-corrected chi connectivity index (χ0v) is 19.7. The number of amides is 3. The van der Waals surface area contributed by atoms with Gasteiger partial charge in [-0.15, -0.1) is 0 Å². The first-order valence-electron chi connectivity index (χ1n) is 12.0. The van der Waals surface area contributed by atoms with Crippen molar-refractivity contribution in [3.8, 4) is 0 Å². The molecule has 0 bridgehead atoms. The van der Waals surface area contributed by atoms with Crippen LogP contribution in [0, 0.1) is 0 Å². The van der Waals surface area contributed by atoms with Crippen LogP contribution >= 0.6 is 11.6 Å². The molecule has 3 amide bonds. The summed E-state index contributed by atoms with van der Waals surface area (Å²) in [6.07, 6.45) is 8.68. The van der Waals surface area contributed by atoms with E-state index in [9.17, 15) is 9.59 Å². The van der Waals surface area contributed by atoms with E-state index in [4.69, 9.17) is 23.1 Å². The Kier molecular flexibility index (Phi) is 9.63. The summed E-state index contributed by atoms with van der Waals surface area (Å²) in [6.45, 7) is 2.47. The van der Waals surface area contributed by atoms with Crippen LogP contribution < -0.4 is 16.8 Å². The number of hydrogen-bond acceptors (Lipinski definition) is 4. The lowest BCUT2D eigenvalue weighted by Gasteiger charge is -2.38. The summed E-state index contributed by atoms with van der Waals surface area (Å²) in [4.78, 5) is 30.0. The Morgan fingerprint density at radius 1 is 1.09 bits per heavy atom. The molecule has 3 rings (SSSR count). The molecule has 1 aromatic rings. The number of urea groups is 1. The minimum atomic E-state index is -0.594. The van der Waals surface area contributed by atoms with Gasteiger partial charge in [0, 0.05) is 30.7 Å². The van der Waals surface area contributed by atoms with Crippen LogP contribution in [0.25, 0.3) is 0 Å². The lowest BCUT2D eigenvalue weighted by Crippen LogP contribution is -2.54. The Morgan fingerprint density at radius 2 is 1.81 bits per heavy atom. The topological polar surface area (TPSA) is 105 Å². The van der Waals surface area contributed by atoms with Crippen LogP contribution in [0.5, 0.6) is 0 Å². The van der Waals surface area contributed by atoms with Gasteiger partial charge in [0.1, 0.15) is 0 Å². The molecule has 7 nitrogen and oxygen atoms in total. The molecule has 1 saturated heterocycles. The second kappa shape index (κ2) is 12.4. The van der Waals surface area contributed by atoms with Crippen molar-refractivity contribution in [3.63, 3.8) is 0 Å². The molecule has 0 spiro atoms. The number of nitrogens with two attached hydrogens (primary N) is 2.